The average molecular weight is 510 g/mol. The second kappa shape index (κ2) is 11.8. The van der Waals surface area contributed by atoms with Gasteiger partial charge in [-0.25, -0.2) is 0 Å². The number of nitrogens with zero attached hydrogens (tertiary/aromatic N) is 4. The number of carbonyl (C=O) groups excluding carboxylic acids is 3. The monoisotopic (exact) mass is 509 g/mol. The SMILES string of the molecule is Cc1nn(C)cc1CCC(=O)N1CCC2(CCCCNC(=O)c3ccccc3OCCN(C)C2=O)CC1. The maximum absolute atomic E-state index is 13.7. The van der Waals surface area contributed by atoms with Crippen LogP contribution in [0.1, 0.15) is 60.1 Å². The summed E-state index contributed by atoms with van der Waals surface area (Å²) in [5.41, 5.74) is 2.09. The molecule has 1 fully saturated rings. The number of rotatable bonds is 3. The molecule has 2 aliphatic heterocycles. The Morgan fingerprint density at radius 2 is 1.84 bits per heavy atom. The maximum atomic E-state index is 13.7. The summed E-state index contributed by atoms with van der Waals surface area (Å²) in [4.78, 5) is 43.0. The van der Waals surface area contributed by atoms with Crippen molar-refractivity contribution in [2.24, 2.45) is 12.5 Å². The Balaban J connectivity index is 1.38. The lowest BCUT2D eigenvalue weighted by molar-refractivity contribution is -0.148. The number of benzene rings is 1. The summed E-state index contributed by atoms with van der Waals surface area (Å²) in [6.45, 7) is 4.43. The van der Waals surface area contributed by atoms with Gasteiger partial charge >= 0.3 is 0 Å². The van der Waals surface area contributed by atoms with E-state index in [0.29, 0.717) is 69.8 Å². The van der Waals surface area contributed by atoms with Crippen LogP contribution in [0, 0.1) is 12.3 Å². The third-order valence-electron chi connectivity index (χ3n) is 7.78. The Bertz CT molecular complexity index is 1120. The van der Waals surface area contributed by atoms with Gasteiger partial charge in [-0.05, 0) is 56.7 Å². The van der Waals surface area contributed by atoms with E-state index in [0.717, 1.165) is 30.5 Å². The zero-order chi connectivity index (χ0) is 26.4. The summed E-state index contributed by atoms with van der Waals surface area (Å²) >= 11 is 0. The largest absolute Gasteiger partial charge is 0.491 e. The van der Waals surface area contributed by atoms with Crippen LogP contribution in [0.25, 0.3) is 0 Å². The molecule has 1 saturated heterocycles. The van der Waals surface area contributed by atoms with E-state index < -0.39 is 5.41 Å². The van der Waals surface area contributed by atoms with Crippen LogP contribution in [0.5, 0.6) is 5.75 Å². The smallest absolute Gasteiger partial charge is 0.255 e. The number of nitrogens with one attached hydrogen (secondary N) is 1. The van der Waals surface area contributed by atoms with Gasteiger partial charge in [0.05, 0.1) is 23.2 Å². The van der Waals surface area contributed by atoms with Gasteiger partial charge in [-0.2, -0.15) is 5.10 Å². The predicted octanol–water partition coefficient (Wildman–Crippen LogP) is 2.72. The normalized spacial score (nSPS) is 19.1. The number of aromatic nitrogens is 2. The molecule has 0 bridgehead atoms. The Morgan fingerprint density at radius 1 is 1.08 bits per heavy atom. The van der Waals surface area contributed by atoms with Crippen LogP contribution in [-0.2, 0) is 23.1 Å². The Kier molecular flexibility index (Phi) is 8.51. The summed E-state index contributed by atoms with van der Waals surface area (Å²) in [7, 11) is 3.72. The first-order valence-corrected chi connectivity index (χ1v) is 13.3. The summed E-state index contributed by atoms with van der Waals surface area (Å²) in [5.74, 6) is 0.652. The van der Waals surface area contributed by atoms with Crippen LogP contribution >= 0.6 is 0 Å². The Labute approximate surface area is 219 Å². The number of amides is 3. The third kappa shape index (κ3) is 6.32. The molecule has 9 heteroatoms. The van der Waals surface area contributed by atoms with Gasteiger partial charge in [0.15, 0.2) is 0 Å². The molecule has 0 radical (unpaired) electrons. The molecule has 1 aromatic carbocycles. The van der Waals surface area contributed by atoms with Crippen molar-refractivity contribution in [2.45, 2.75) is 51.9 Å². The number of fused-ring (bicyclic) bond motifs is 1. The fraction of sp³-hybridized carbons (Fsp3) is 0.571. The fourth-order valence-corrected chi connectivity index (χ4v) is 5.51. The quantitative estimate of drug-likeness (QED) is 0.686. The van der Waals surface area contributed by atoms with Crippen LogP contribution in [0.15, 0.2) is 30.5 Å². The van der Waals surface area contributed by atoms with Crippen molar-refractivity contribution in [3.63, 3.8) is 0 Å². The molecule has 2 aromatic rings. The van der Waals surface area contributed by atoms with Gasteiger partial charge in [0, 0.05) is 46.3 Å². The molecule has 0 atom stereocenters. The molecule has 3 heterocycles. The second-order valence-electron chi connectivity index (χ2n) is 10.4. The number of aryl methyl sites for hydroxylation is 3. The standard InChI is InChI=1S/C28H39N5O4/c1-21-22(20-32(3)30-21)10-11-25(34)33-16-13-28(14-17-33)12-6-7-15-29-26(35)23-8-4-5-9-24(23)37-19-18-31(2)27(28)36/h4-5,8-9,20H,6-7,10-19H2,1-3H3,(H,29,35). The fourth-order valence-electron chi connectivity index (χ4n) is 5.51. The molecular formula is C28H39N5O4. The maximum Gasteiger partial charge on any atom is 0.255 e. The van der Waals surface area contributed by atoms with Gasteiger partial charge in [0.2, 0.25) is 11.8 Å². The molecular weight excluding hydrogens is 470 g/mol. The van der Waals surface area contributed by atoms with E-state index in [1.165, 1.54) is 0 Å². The van der Waals surface area contributed by atoms with Crippen molar-refractivity contribution in [3.05, 3.63) is 47.3 Å². The predicted molar refractivity (Wildman–Crippen MR) is 140 cm³/mol. The highest BCUT2D eigenvalue weighted by Gasteiger charge is 2.43. The number of para-hydroxylation sites is 1. The second-order valence-corrected chi connectivity index (χ2v) is 10.4. The highest BCUT2D eigenvalue weighted by atomic mass is 16.5. The number of likely N-dealkylation sites (N-methyl/N-ethyl adjacent to an activating group) is 1. The molecule has 9 nitrogen and oxygen atoms in total. The average Bonchev–Trinajstić information content (AvgIpc) is 3.23. The first kappa shape index (κ1) is 26.7. The molecule has 200 valence electrons. The van der Waals surface area contributed by atoms with Crippen LogP contribution < -0.4 is 10.1 Å². The van der Waals surface area contributed by atoms with Crippen molar-refractivity contribution >= 4 is 17.7 Å². The van der Waals surface area contributed by atoms with Gasteiger partial charge in [-0.15, -0.1) is 0 Å². The highest BCUT2D eigenvalue weighted by Crippen LogP contribution is 2.39. The van der Waals surface area contributed by atoms with Gasteiger partial charge in [0.25, 0.3) is 5.91 Å². The van der Waals surface area contributed by atoms with Crippen molar-refractivity contribution in [1.29, 1.82) is 0 Å². The lowest BCUT2D eigenvalue weighted by Gasteiger charge is -2.43. The van der Waals surface area contributed by atoms with Gasteiger partial charge < -0.3 is 19.9 Å². The van der Waals surface area contributed by atoms with E-state index in [4.69, 9.17) is 4.74 Å². The number of ether oxygens (including phenoxy) is 1. The molecule has 4 rings (SSSR count). The number of carbonyl (C=O) groups is 3. The molecule has 37 heavy (non-hydrogen) atoms. The summed E-state index contributed by atoms with van der Waals surface area (Å²) in [6, 6.07) is 7.20. The molecule has 1 aromatic heterocycles. The number of hydrogen-bond donors (Lipinski definition) is 1. The molecule has 1 N–H and O–H groups in total. The minimum atomic E-state index is -0.489. The lowest BCUT2D eigenvalue weighted by atomic mass is 9.73. The van der Waals surface area contributed by atoms with Crippen molar-refractivity contribution in [3.8, 4) is 5.75 Å². The molecule has 0 unspecified atom stereocenters. The van der Waals surface area contributed by atoms with E-state index in [2.05, 4.69) is 10.4 Å². The van der Waals surface area contributed by atoms with E-state index >= 15 is 0 Å². The third-order valence-corrected chi connectivity index (χ3v) is 7.78. The minimum absolute atomic E-state index is 0.128. The number of hydrogen-bond acceptors (Lipinski definition) is 5. The molecule has 0 aliphatic carbocycles. The minimum Gasteiger partial charge on any atom is -0.491 e. The van der Waals surface area contributed by atoms with E-state index in [1.807, 2.05) is 44.2 Å². The van der Waals surface area contributed by atoms with Crippen molar-refractivity contribution in [2.75, 3.05) is 39.8 Å². The summed E-state index contributed by atoms with van der Waals surface area (Å²) in [6.07, 6.45) is 6.80. The number of piperidine rings is 1. The zero-order valence-electron chi connectivity index (χ0n) is 22.3. The van der Waals surface area contributed by atoms with E-state index in [9.17, 15) is 14.4 Å². The highest BCUT2D eigenvalue weighted by molar-refractivity contribution is 5.96. The zero-order valence-corrected chi connectivity index (χ0v) is 22.3. The summed E-state index contributed by atoms with van der Waals surface area (Å²) < 4.78 is 7.69. The van der Waals surface area contributed by atoms with Crippen LogP contribution in [-0.4, -0.2) is 77.1 Å². The Hall–Kier alpha value is -3.36. The van der Waals surface area contributed by atoms with Crippen LogP contribution in [0.4, 0.5) is 0 Å². The first-order chi connectivity index (χ1) is 17.8. The molecule has 2 aliphatic rings. The van der Waals surface area contributed by atoms with Crippen LogP contribution in [0.2, 0.25) is 0 Å². The van der Waals surface area contributed by atoms with E-state index in [-0.39, 0.29) is 17.7 Å². The van der Waals surface area contributed by atoms with Crippen molar-refractivity contribution in [1.82, 2.24) is 24.9 Å². The molecule has 1 spiro atoms. The first-order valence-electron chi connectivity index (χ1n) is 13.3. The lowest BCUT2D eigenvalue weighted by Crippen LogP contribution is -2.51. The Morgan fingerprint density at radius 3 is 2.57 bits per heavy atom. The molecule has 0 saturated carbocycles. The topological polar surface area (TPSA) is 96.8 Å². The van der Waals surface area contributed by atoms with Crippen molar-refractivity contribution < 1.29 is 19.1 Å². The van der Waals surface area contributed by atoms with Crippen LogP contribution in [0.3, 0.4) is 0 Å². The molecule has 3 amide bonds. The van der Waals surface area contributed by atoms with Gasteiger partial charge in [-0.1, -0.05) is 18.6 Å². The summed E-state index contributed by atoms with van der Waals surface area (Å²) in [5, 5.41) is 7.35. The van der Waals surface area contributed by atoms with Gasteiger partial charge in [0.1, 0.15) is 12.4 Å². The van der Waals surface area contributed by atoms with Gasteiger partial charge in [-0.3, -0.25) is 19.1 Å². The number of likely N-dealkylation sites (tertiary alicyclic amines) is 1. The van der Waals surface area contributed by atoms with E-state index in [1.54, 1.807) is 21.7 Å².